The number of ketones is 1. The molecule has 0 amide bonds. The maximum absolute atomic E-state index is 10.6. The summed E-state index contributed by atoms with van der Waals surface area (Å²) >= 11 is 1.07. The lowest BCUT2D eigenvalue weighted by molar-refractivity contribution is -0.104. The second-order valence-electron chi connectivity index (χ2n) is 1.56. The first-order valence-corrected chi connectivity index (χ1v) is 3.32. The number of anilines is 1. The molecular weight excluding hydrogens is 152 g/mol. The number of nitrogens with two attached hydrogens (primary N) is 1. The van der Waals surface area contributed by atoms with Crippen molar-refractivity contribution in [1.82, 2.24) is 4.98 Å². The number of thiazole rings is 1. The summed E-state index contributed by atoms with van der Waals surface area (Å²) < 4.78 is 0. The maximum Gasteiger partial charge on any atom is 0.253 e. The van der Waals surface area contributed by atoms with E-state index < -0.39 is 5.78 Å². The van der Waals surface area contributed by atoms with Crippen molar-refractivity contribution < 1.29 is 9.59 Å². The lowest BCUT2D eigenvalue weighted by Gasteiger charge is -1.79. The molecule has 0 spiro atoms. The molecule has 0 aromatic carbocycles. The van der Waals surface area contributed by atoms with Crippen LogP contribution in [0.25, 0.3) is 0 Å². The first kappa shape index (κ1) is 6.88. The Hall–Kier alpha value is -1.23. The van der Waals surface area contributed by atoms with Crippen molar-refractivity contribution >= 4 is 29.2 Å². The Labute approximate surface area is 60.7 Å². The Morgan fingerprint density at radius 2 is 2.50 bits per heavy atom. The molecule has 5 heteroatoms. The van der Waals surface area contributed by atoms with Crippen LogP contribution in [0, 0.1) is 0 Å². The number of nitrogen functional groups attached to an aromatic ring is 1. The summed E-state index contributed by atoms with van der Waals surface area (Å²) in [4.78, 5) is 24.0. The fourth-order valence-electron chi connectivity index (χ4n) is 0.450. The summed E-state index contributed by atoms with van der Waals surface area (Å²) in [6.07, 6.45) is 0.221. The molecule has 0 saturated heterocycles. The Morgan fingerprint density at radius 3 is 2.90 bits per heavy atom. The van der Waals surface area contributed by atoms with Gasteiger partial charge in [0.2, 0.25) is 0 Å². The maximum atomic E-state index is 10.6. The monoisotopic (exact) mass is 156 g/mol. The second kappa shape index (κ2) is 2.57. The molecule has 0 unspecified atom stereocenters. The van der Waals surface area contributed by atoms with Gasteiger partial charge in [-0.15, -0.1) is 11.3 Å². The minimum Gasteiger partial charge on any atom is -0.383 e. The van der Waals surface area contributed by atoms with E-state index in [0.29, 0.717) is 0 Å². The first-order valence-electron chi connectivity index (χ1n) is 2.44. The molecular formula is C5H4N2O2S. The van der Waals surface area contributed by atoms with E-state index in [4.69, 9.17) is 5.73 Å². The number of aromatic nitrogens is 1. The van der Waals surface area contributed by atoms with Gasteiger partial charge >= 0.3 is 0 Å². The second-order valence-corrected chi connectivity index (χ2v) is 2.42. The fraction of sp³-hybridized carbons (Fsp3) is 0. The van der Waals surface area contributed by atoms with Gasteiger partial charge in [-0.1, -0.05) is 0 Å². The molecule has 4 nitrogen and oxygen atoms in total. The topological polar surface area (TPSA) is 73.1 Å². The standard InChI is InChI=1S/C5H4N2O2S/c6-4-2-10-5(7-4)3(9)1-8/h1-2H,6H2. The minimum atomic E-state index is -0.623. The molecule has 0 aliphatic rings. The van der Waals surface area contributed by atoms with Gasteiger partial charge in [0.05, 0.1) is 0 Å². The summed E-state index contributed by atoms with van der Waals surface area (Å²) in [5.41, 5.74) is 5.20. The van der Waals surface area contributed by atoms with E-state index in [0.717, 1.165) is 11.3 Å². The summed E-state index contributed by atoms with van der Waals surface area (Å²) in [6, 6.07) is 0. The zero-order valence-corrected chi connectivity index (χ0v) is 5.72. The van der Waals surface area contributed by atoms with E-state index in [9.17, 15) is 9.59 Å². The normalized spacial score (nSPS) is 9.20. The molecule has 0 bridgehead atoms. The van der Waals surface area contributed by atoms with Crippen LogP contribution in [0.4, 0.5) is 5.82 Å². The molecule has 1 rings (SSSR count). The van der Waals surface area contributed by atoms with Crippen LogP contribution in [0.15, 0.2) is 5.38 Å². The van der Waals surface area contributed by atoms with Crippen molar-refractivity contribution in [3.63, 3.8) is 0 Å². The first-order chi connectivity index (χ1) is 4.74. The Kier molecular flexibility index (Phi) is 1.77. The SMILES string of the molecule is Nc1csc(C(=O)C=O)n1. The number of carbonyl (C=O) groups excluding carboxylic acids is 2. The molecule has 0 atom stereocenters. The molecule has 0 fully saturated rings. The van der Waals surface area contributed by atoms with E-state index in [1.54, 1.807) is 0 Å². The van der Waals surface area contributed by atoms with Crippen molar-refractivity contribution in [3.8, 4) is 0 Å². The molecule has 0 aliphatic heterocycles. The van der Waals surface area contributed by atoms with Gasteiger partial charge in [-0.05, 0) is 0 Å². The van der Waals surface area contributed by atoms with Gasteiger partial charge < -0.3 is 5.73 Å². The summed E-state index contributed by atoms with van der Waals surface area (Å²) in [7, 11) is 0. The Balaban J connectivity index is 2.95. The number of rotatable bonds is 2. The van der Waals surface area contributed by atoms with Crippen LogP contribution in [0.1, 0.15) is 9.80 Å². The lowest BCUT2D eigenvalue weighted by Crippen LogP contribution is -1.98. The van der Waals surface area contributed by atoms with Gasteiger partial charge in [0.1, 0.15) is 5.82 Å². The smallest absolute Gasteiger partial charge is 0.253 e. The van der Waals surface area contributed by atoms with Crippen LogP contribution in [0.5, 0.6) is 0 Å². The molecule has 1 heterocycles. The fourth-order valence-corrected chi connectivity index (χ4v) is 1.06. The third-order valence-electron chi connectivity index (χ3n) is 0.840. The van der Waals surface area contributed by atoms with Gasteiger partial charge in [-0.2, -0.15) is 0 Å². The van der Waals surface area contributed by atoms with Crippen molar-refractivity contribution in [3.05, 3.63) is 10.4 Å². The van der Waals surface area contributed by atoms with Crippen LogP contribution in [0.3, 0.4) is 0 Å². The van der Waals surface area contributed by atoms with E-state index >= 15 is 0 Å². The third-order valence-corrected chi connectivity index (χ3v) is 1.71. The largest absolute Gasteiger partial charge is 0.383 e. The predicted octanol–water partition coefficient (Wildman–Crippen LogP) is 0.107. The van der Waals surface area contributed by atoms with E-state index in [1.165, 1.54) is 5.38 Å². The molecule has 52 valence electrons. The molecule has 10 heavy (non-hydrogen) atoms. The number of hydrogen-bond acceptors (Lipinski definition) is 5. The van der Waals surface area contributed by atoms with Gasteiger partial charge in [0.25, 0.3) is 5.78 Å². The number of nitrogens with zero attached hydrogens (tertiary/aromatic N) is 1. The zero-order chi connectivity index (χ0) is 7.56. The van der Waals surface area contributed by atoms with Gasteiger partial charge in [-0.3, -0.25) is 9.59 Å². The Bertz CT molecular complexity index is 268. The molecule has 2 N–H and O–H groups in total. The third kappa shape index (κ3) is 1.19. The highest BCUT2D eigenvalue weighted by molar-refractivity contribution is 7.12. The van der Waals surface area contributed by atoms with Crippen LogP contribution in [-0.2, 0) is 4.79 Å². The number of aldehydes is 1. The van der Waals surface area contributed by atoms with Crippen LogP contribution >= 0.6 is 11.3 Å². The number of hydrogen-bond donors (Lipinski definition) is 1. The van der Waals surface area contributed by atoms with E-state index in [-0.39, 0.29) is 17.1 Å². The summed E-state index contributed by atoms with van der Waals surface area (Å²) in [5.74, 6) is -0.350. The highest BCUT2D eigenvalue weighted by Gasteiger charge is 2.07. The average Bonchev–Trinajstić information content (AvgIpc) is 2.34. The lowest BCUT2D eigenvalue weighted by atomic mass is 10.5. The van der Waals surface area contributed by atoms with Crippen molar-refractivity contribution in [2.24, 2.45) is 0 Å². The molecule has 1 aromatic rings. The highest BCUT2D eigenvalue weighted by atomic mass is 32.1. The van der Waals surface area contributed by atoms with Crippen LogP contribution in [-0.4, -0.2) is 17.1 Å². The van der Waals surface area contributed by atoms with Crippen LogP contribution < -0.4 is 5.73 Å². The van der Waals surface area contributed by atoms with E-state index in [2.05, 4.69) is 4.98 Å². The summed E-state index contributed by atoms with van der Waals surface area (Å²) in [6.45, 7) is 0. The van der Waals surface area contributed by atoms with Gasteiger partial charge in [0, 0.05) is 5.38 Å². The molecule has 1 aromatic heterocycles. The minimum absolute atomic E-state index is 0.146. The highest BCUT2D eigenvalue weighted by Crippen LogP contribution is 2.10. The average molecular weight is 156 g/mol. The number of Topliss-reactive ketones (excluding diaryl/α,β-unsaturated/α-hetero) is 1. The van der Waals surface area contributed by atoms with E-state index in [1.807, 2.05) is 0 Å². The van der Waals surface area contributed by atoms with Crippen molar-refractivity contribution in [2.75, 3.05) is 5.73 Å². The quantitative estimate of drug-likeness (QED) is 0.374. The van der Waals surface area contributed by atoms with Crippen molar-refractivity contribution in [1.29, 1.82) is 0 Å². The molecule has 0 saturated carbocycles. The van der Waals surface area contributed by atoms with Gasteiger partial charge in [0.15, 0.2) is 11.3 Å². The molecule has 0 radical (unpaired) electrons. The summed E-state index contributed by atoms with van der Waals surface area (Å²) in [5, 5.41) is 1.66. The number of carbonyl (C=O) groups is 2. The predicted molar refractivity (Wildman–Crippen MR) is 36.9 cm³/mol. The Morgan fingerprint density at radius 1 is 1.80 bits per heavy atom. The zero-order valence-electron chi connectivity index (χ0n) is 4.90. The van der Waals surface area contributed by atoms with Gasteiger partial charge in [-0.25, -0.2) is 4.98 Å². The van der Waals surface area contributed by atoms with Crippen molar-refractivity contribution in [2.45, 2.75) is 0 Å². The van der Waals surface area contributed by atoms with Crippen LogP contribution in [0.2, 0.25) is 0 Å². The molecule has 0 aliphatic carbocycles.